The summed E-state index contributed by atoms with van der Waals surface area (Å²) in [7, 11) is -3.39. The molecule has 0 atom stereocenters. The largest absolute Gasteiger partial charge is 0.269 e. The fraction of sp³-hybridized carbons (Fsp3) is 0.250. The highest BCUT2D eigenvalue weighted by atomic mass is 35.5. The Morgan fingerprint density at radius 1 is 1.28 bits per heavy atom. The van der Waals surface area contributed by atoms with E-state index in [-0.39, 0.29) is 12.3 Å². The van der Waals surface area contributed by atoms with Crippen LogP contribution in [0.4, 0.5) is 0 Å². The molecule has 1 aromatic rings. The van der Waals surface area contributed by atoms with Crippen LogP contribution < -0.4 is 0 Å². The maximum atomic E-state index is 11.7. The van der Waals surface area contributed by atoms with Gasteiger partial charge in [-0.05, 0) is 30.2 Å². The van der Waals surface area contributed by atoms with Gasteiger partial charge in [0.1, 0.15) is 0 Å². The van der Waals surface area contributed by atoms with E-state index < -0.39 is 15.9 Å². The summed E-state index contributed by atoms with van der Waals surface area (Å²) in [5.41, 5.74) is 0.796. The summed E-state index contributed by atoms with van der Waals surface area (Å²) < 4.78 is 23.9. The van der Waals surface area contributed by atoms with Gasteiger partial charge in [-0.3, -0.25) is 4.79 Å². The summed E-state index contributed by atoms with van der Waals surface area (Å²) in [5.74, 6) is -0.449. The minimum atomic E-state index is -3.39. The monoisotopic (exact) mass is 285 g/mol. The molecule has 6 heteroatoms. The summed E-state index contributed by atoms with van der Waals surface area (Å²) >= 11 is 5.74. The Morgan fingerprint density at radius 3 is 2.50 bits per heavy atom. The first-order chi connectivity index (χ1) is 8.49. The van der Waals surface area contributed by atoms with E-state index in [0.717, 1.165) is 9.87 Å². The molecule has 1 saturated heterocycles. The third kappa shape index (κ3) is 2.91. The van der Waals surface area contributed by atoms with Crippen molar-refractivity contribution in [3.05, 3.63) is 40.9 Å². The zero-order valence-electron chi connectivity index (χ0n) is 9.54. The molecule has 2 rings (SSSR count). The van der Waals surface area contributed by atoms with E-state index in [4.69, 9.17) is 11.6 Å². The van der Waals surface area contributed by atoms with Crippen molar-refractivity contribution in [3.8, 4) is 0 Å². The minimum absolute atomic E-state index is 0.0491. The standard InChI is InChI=1S/C12H12ClNO3S/c13-11-5-2-10(3-6-11)4-7-12(15)14-8-1-9-18(14,16)17/h2-7H,1,8-9H2. The Hall–Kier alpha value is -1.33. The first kappa shape index (κ1) is 13.1. The van der Waals surface area contributed by atoms with Crippen LogP contribution in [0.2, 0.25) is 5.02 Å². The van der Waals surface area contributed by atoms with E-state index >= 15 is 0 Å². The second-order valence-corrected chi connectivity index (χ2v) is 6.41. The van der Waals surface area contributed by atoms with Crippen molar-refractivity contribution in [3.63, 3.8) is 0 Å². The predicted molar refractivity (Wildman–Crippen MR) is 70.6 cm³/mol. The topological polar surface area (TPSA) is 54.5 Å². The molecule has 18 heavy (non-hydrogen) atoms. The molecule has 0 unspecified atom stereocenters. The normalized spacial score (nSPS) is 18.4. The Labute approximate surface area is 111 Å². The molecule has 96 valence electrons. The lowest BCUT2D eigenvalue weighted by Crippen LogP contribution is -2.30. The van der Waals surface area contributed by atoms with Gasteiger partial charge in [-0.1, -0.05) is 23.7 Å². The Balaban J connectivity index is 2.10. The van der Waals surface area contributed by atoms with Crippen molar-refractivity contribution >= 4 is 33.6 Å². The third-order valence-electron chi connectivity index (χ3n) is 2.63. The molecule has 0 aromatic heterocycles. The second-order valence-electron chi connectivity index (χ2n) is 3.96. The molecule has 1 aromatic carbocycles. The van der Waals surface area contributed by atoms with Crippen molar-refractivity contribution in [2.45, 2.75) is 6.42 Å². The number of hydrogen-bond donors (Lipinski definition) is 0. The zero-order chi connectivity index (χ0) is 13.2. The highest BCUT2D eigenvalue weighted by molar-refractivity contribution is 7.89. The zero-order valence-corrected chi connectivity index (χ0v) is 11.1. The van der Waals surface area contributed by atoms with Crippen LogP contribution in [0.25, 0.3) is 6.08 Å². The molecule has 1 fully saturated rings. The maximum Gasteiger partial charge on any atom is 0.260 e. The van der Waals surface area contributed by atoms with Crippen LogP contribution >= 0.6 is 11.6 Å². The molecule has 0 bridgehead atoms. The molecule has 1 aliphatic rings. The number of carbonyl (C=O) groups excluding carboxylic acids is 1. The smallest absolute Gasteiger partial charge is 0.260 e. The van der Waals surface area contributed by atoms with Gasteiger partial charge in [-0.15, -0.1) is 0 Å². The van der Waals surface area contributed by atoms with E-state index in [1.165, 1.54) is 6.08 Å². The van der Waals surface area contributed by atoms with Crippen LogP contribution in [-0.2, 0) is 14.8 Å². The molecule has 0 aliphatic carbocycles. The van der Waals surface area contributed by atoms with Crippen molar-refractivity contribution < 1.29 is 13.2 Å². The van der Waals surface area contributed by atoms with Gasteiger partial charge in [0.2, 0.25) is 10.0 Å². The Morgan fingerprint density at radius 2 is 1.94 bits per heavy atom. The van der Waals surface area contributed by atoms with Gasteiger partial charge in [-0.25, -0.2) is 12.7 Å². The average Bonchev–Trinajstić information content (AvgIpc) is 2.68. The van der Waals surface area contributed by atoms with Gasteiger partial charge in [0.05, 0.1) is 5.75 Å². The number of nitrogens with zero attached hydrogens (tertiary/aromatic N) is 1. The molecule has 0 radical (unpaired) electrons. The maximum absolute atomic E-state index is 11.7. The minimum Gasteiger partial charge on any atom is -0.269 e. The van der Waals surface area contributed by atoms with Gasteiger partial charge in [-0.2, -0.15) is 0 Å². The number of halogens is 1. The molecule has 0 N–H and O–H groups in total. The average molecular weight is 286 g/mol. The van der Waals surface area contributed by atoms with Crippen molar-refractivity contribution in [1.29, 1.82) is 0 Å². The summed E-state index contributed by atoms with van der Waals surface area (Å²) in [6.45, 7) is 0.270. The van der Waals surface area contributed by atoms with Crippen LogP contribution in [0, 0.1) is 0 Å². The third-order valence-corrected chi connectivity index (χ3v) is 4.72. The first-order valence-corrected chi connectivity index (χ1v) is 7.46. The van der Waals surface area contributed by atoms with Gasteiger partial charge in [0.25, 0.3) is 5.91 Å². The van der Waals surface area contributed by atoms with Crippen molar-refractivity contribution in [1.82, 2.24) is 4.31 Å². The predicted octanol–water partition coefficient (Wildman–Crippen LogP) is 1.92. The van der Waals surface area contributed by atoms with Gasteiger partial charge in [0, 0.05) is 17.6 Å². The highest BCUT2D eigenvalue weighted by Crippen LogP contribution is 2.15. The molecule has 1 heterocycles. The Kier molecular flexibility index (Phi) is 3.73. The quantitative estimate of drug-likeness (QED) is 0.780. The Bertz CT molecular complexity index is 578. The highest BCUT2D eigenvalue weighted by Gasteiger charge is 2.30. The molecular weight excluding hydrogens is 274 g/mol. The summed E-state index contributed by atoms with van der Waals surface area (Å²) in [6, 6.07) is 6.92. The number of carbonyl (C=O) groups is 1. The molecule has 4 nitrogen and oxygen atoms in total. The fourth-order valence-corrected chi connectivity index (χ4v) is 3.29. The van der Waals surface area contributed by atoms with E-state index in [1.54, 1.807) is 30.3 Å². The van der Waals surface area contributed by atoms with Gasteiger partial charge >= 0.3 is 0 Å². The van der Waals surface area contributed by atoms with E-state index in [2.05, 4.69) is 0 Å². The number of benzene rings is 1. The van der Waals surface area contributed by atoms with E-state index in [1.807, 2.05) is 0 Å². The summed E-state index contributed by atoms with van der Waals surface area (Å²) in [4.78, 5) is 11.7. The van der Waals surface area contributed by atoms with Gasteiger partial charge in [0.15, 0.2) is 0 Å². The second kappa shape index (κ2) is 5.12. The van der Waals surface area contributed by atoms with E-state index in [0.29, 0.717) is 11.4 Å². The summed E-state index contributed by atoms with van der Waals surface area (Å²) in [6.07, 6.45) is 3.35. The lowest BCUT2D eigenvalue weighted by molar-refractivity contribution is -0.121. The van der Waals surface area contributed by atoms with Gasteiger partial charge < -0.3 is 0 Å². The number of rotatable bonds is 2. The number of amides is 1. The first-order valence-electron chi connectivity index (χ1n) is 5.47. The lowest BCUT2D eigenvalue weighted by Gasteiger charge is -2.11. The van der Waals surface area contributed by atoms with Crippen LogP contribution in [0.5, 0.6) is 0 Å². The van der Waals surface area contributed by atoms with Crippen LogP contribution in [0.15, 0.2) is 30.3 Å². The molecule has 1 aliphatic heterocycles. The molecule has 0 saturated carbocycles. The number of sulfonamides is 1. The van der Waals surface area contributed by atoms with Crippen molar-refractivity contribution in [2.75, 3.05) is 12.3 Å². The molecule has 0 spiro atoms. The lowest BCUT2D eigenvalue weighted by atomic mass is 10.2. The molecule has 1 amide bonds. The number of hydrogen-bond acceptors (Lipinski definition) is 3. The van der Waals surface area contributed by atoms with Crippen LogP contribution in [0.3, 0.4) is 0 Å². The SMILES string of the molecule is O=C(C=Cc1ccc(Cl)cc1)N1CCCS1(=O)=O. The molecular formula is C12H12ClNO3S. The van der Waals surface area contributed by atoms with Crippen LogP contribution in [-0.4, -0.2) is 30.9 Å². The van der Waals surface area contributed by atoms with Crippen LogP contribution in [0.1, 0.15) is 12.0 Å². The summed E-state index contributed by atoms with van der Waals surface area (Å²) in [5, 5.41) is 0.612. The van der Waals surface area contributed by atoms with E-state index in [9.17, 15) is 13.2 Å². The fourth-order valence-electron chi connectivity index (χ4n) is 1.71. The van der Waals surface area contributed by atoms with Crippen molar-refractivity contribution in [2.24, 2.45) is 0 Å².